The third-order valence-electron chi connectivity index (χ3n) is 4.37. The summed E-state index contributed by atoms with van der Waals surface area (Å²) in [4.78, 5) is 16.9. The number of carbonyl (C=O) groups is 1. The van der Waals surface area contributed by atoms with Crippen molar-refractivity contribution >= 4 is 11.9 Å². The van der Waals surface area contributed by atoms with Gasteiger partial charge in [-0.15, -0.1) is 0 Å². The van der Waals surface area contributed by atoms with Crippen LogP contribution in [0.1, 0.15) is 17.7 Å². The molecule has 0 bridgehead atoms. The molecule has 6 nitrogen and oxygen atoms in total. The number of fused-ring (bicyclic) bond motifs is 1. The Hall–Kier alpha value is -1.82. The maximum absolute atomic E-state index is 10.8. The lowest BCUT2D eigenvalue weighted by atomic mass is 9.90. The Morgan fingerprint density at radius 1 is 1.57 bits per heavy atom. The van der Waals surface area contributed by atoms with Gasteiger partial charge in [0.1, 0.15) is 5.82 Å². The second kappa shape index (κ2) is 5.89. The lowest BCUT2D eigenvalue weighted by Gasteiger charge is -2.41. The first-order chi connectivity index (χ1) is 10.2. The van der Waals surface area contributed by atoms with Crippen LogP contribution in [0.5, 0.6) is 0 Å². The summed E-state index contributed by atoms with van der Waals surface area (Å²) in [5, 5.41) is 12.2. The average molecular weight is 291 g/mol. The lowest BCUT2D eigenvalue weighted by Crippen LogP contribution is -2.54. The van der Waals surface area contributed by atoms with Crippen molar-refractivity contribution in [3.8, 4) is 0 Å². The molecule has 6 heteroatoms. The van der Waals surface area contributed by atoms with Gasteiger partial charge in [0, 0.05) is 44.8 Å². The summed E-state index contributed by atoms with van der Waals surface area (Å²) in [6, 6.07) is 4.20. The van der Waals surface area contributed by atoms with Crippen LogP contribution in [0.3, 0.4) is 0 Å². The molecule has 3 rings (SSSR count). The number of ether oxygens (including phenoxy) is 1. The molecule has 1 atom stereocenters. The topological polar surface area (TPSA) is 74.7 Å². The molecule has 1 amide bonds. The average Bonchev–Trinajstić information content (AvgIpc) is 2.44. The summed E-state index contributed by atoms with van der Waals surface area (Å²) in [7, 11) is 1.69. The zero-order chi connectivity index (χ0) is 14.8. The van der Waals surface area contributed by atoms with Gasteiger partial charge in [0.25, 0.3) is 0 Å². The summed E-state index contributed by atoms with van der Waals surface area (Å²) < 4.78 is 5.55. The number of hydrogen-bond acceptors (Lipinski definition) is 4. The second-order valence-electron chi connectivity index (χ2n) is 5.77. The van der Waals surface area contributed by atoms with E-state index in [1.54, 1.807) is 7.11 Å². The van der Waals surface area contributed by atoms with Crippen LogP contribution in [0.4, 0.5) is 10.6 Å². The van der Waals surface area contributed by atoms with Gasteiger partial charge in [0.2, 0.25) is 0 Å². The molecule has 0 aliphatic carbocycles. The van der Waals surface area contributed by atoms with E-state index in [9.17, 15) is 4.79 Å². The first kappa shape index (κ1) is 14.1. The number of rotatable bonds is 4. The van der Waals surface area contributed by atoms with Gasteiger partial charge < -0.3 is 20.1 Å². The highest BCUT2D eigenvalue weighted by atomic mass is 16.5. The van der Waals surface area contributed by atoms with Gasteiger partial charge in [0.05, 0.1) is 6.10 Å². The molecular formula is C15H21N3O3. The molecule has 1 saturated heterocycles. The predicted molar refractivity (Wildman–Crippen MR) is 78.6 cm³/mol. The number of aryl methyl sites for hydroxylation is 1. The number of carboxylic acid groups (broad SMARTS) is 1. The minimum Gasteiger partial charge on any atom is -0.465 e. The van der Waals surface area contributed by atoms with E-state index in [1.165, 1.54) is 10.5 Å². The standard InChI is InChI=1S/C15H21N3O3/c1-21-13(11-8-18(9-11)15(19)20)7-12-5-4-10-3-2-6-16-14(10)17-12/h4-5,11,13H,2-3,6-9H2,1H3,(H,16,17)(H,19,20). The molecular weight excluding hydrogens is 270 g/mol. The van der Waals surface area contributed by atoms with Crippen molar-refractivity contribution < 1.29 is 14.6 Å². The third kappa shape index (κ3) is 2.95. The largest absolute Gasteiger partial charge is 0.465 e. The number of nitrogens with one attached hydrogen (secondary N) is 1. The number of nitrogens with zero attached hydrogens (tertiary/aromatic N) is 2. The van der Waals surface area contributed by atoms with Crippen LogP contribution in [-0.2, 0) is 17.6 Å². The first-order valence-electron chi connectivity index (χ1n) is 7.40. The van der Waals surface area contributed by atoms with Gasteiger partial charge in [-0.3, -0.25) is 0 Å². The molecule has 1 fully saturated rings. The van der Waals surface area contributed by atoms with Crippen LogP contribution in [0, 0.1) is 5.92 Å². The van der Waals surface area contributed by atoms with Gasteiger partial charge in [0.15, 0.2) is 0 Å². The zero-order valence-electron chi connectivity index (χ0n) is 12.2. The maximum Gasteiger partial charge on any atom is 0.407 e. The van der Waals surface area contributed by atoms with Crippen LogP contribution in [0.15, 0.2) is 12.1 Å². The summed E-state index contributed by atoms with van der Waals surface area (Å²) >= 11 is 0. The van der Waals surface area contributed by atoms with E-state index < -0.39 is 6.09 Å². The second-order valence-corrected chi connectivity index (χ2v) is 5.77. The number of hydrogen-bond donors (Lipinski definition) is 2. The van der Waals surface area contributed by atoms with Crippen molar-refractivity contribution in [2.24, 2.45) is 5.92 Å². The fourth-order valence-electron chi connectivity index (χ4n) is 3.04. The van der Waals surface area contributed by atoms with Gasteiger partial charge in [-0.1, -0.05) is 6.07 Å². The van der Waals surface area contributed by atoms with Crippen molar-refractivity contribution in [1.29, 1.82) is 0 Å². The van der Waals surface area contributed by atoms with E-state index in [2.05, 4.69) is 22.4 Å². The molecule has 1 aromatic heterocycles. The van der Waals surface area contributed by atoms with E-state index in [0.29, 0.717) is 13.1 Å². The molecule has 2 N–H and O–H groups in total. The fourth-order valence-corrected chi connectivity index (χ4v) is 3.04. The number of pyridine rings is 1. The number of anilines is 1. The van der Waals surface area contributed by atoms with Crippen molar-refractivity contribution in [3.05, 3.63) is 23.4 Å². The van der Waals surface area contributed by atoms with E-state index in [-0.39, 0.29) is 12.0 Å². The summed E-state index contributed by atoms with van der Waals surface area (Å²) in [6.45, 7) is 2.08. The number of likely N-dealkylation sites (tertiary alicyclic amines) is 1. The quantitative estimate of drug-likeness (QED) is 0.881. The molecule has 21 heavy (non-hydrogen) atoms. The Labute approximate surface area is 124 Å². The molecule has 0 radical (unpaired) electrons. The Kier molecular flexibility index (Phi) is 3.96. The molecule has 1 aromatic rings. The van der Waals surface area contributed by atoms with E-state index >= 15 is 0 Å². The van der Waals surface area contributed by atoms with E-state index in [1.807, 2.05) is 0 Å². The first-order valence-corrected chi connectivity index (χ1v) is 7.40. The van der Waals surface area contributed by atoms with Crippen molar-refractivity contribution in [3.63, 3.8) is 0 Å². The zero-order valence-corrected chi connectivity index (χ0v) is 12.2. The highest BCUT2D eigenvalue weighted by Gasteiger charge is 2.36. The third-order valence-corrected chi connectivity index (χ3v) is 4.37. The minimum atomic E-state index is -0.850. The van der Waals surface area contributed by atoms with Crippen molar-refractivity contribution in [2.75, 3.05) is 32.1 Å². The van der Waals surface area contributed by atoms with Gasteiger partial charge in [-0.25, -0.2) is 9.78 Å². The number of methoxy groups -OCH3 is 1. The monoisotopic (exact) mass is 291 g/mol. The number of amides is 1. The van der Waals surface area contributed by atoms with Crippen LogP contribution in [0.2, 0.25) is 0 Å². The van der Waals surface area contributed by atoms with E-state index in [0.717, 1.165) is 37.3 Å². The normalized spacial score (nSPS) is 19.4. The summed E-state index contributed by atoms with van der Waals surface area (Å²) in [5.41, 5.74) is 2.28. The molecule has 2 aliphatic rings. The number of aromatic nitrogens is 1. The molecule has 0 spiro atoms. The Morgan fingerprint density at radius 2 is 2.38 bits per heavy atom. The van der Waals surface area contributed by atoms with E-state index in [4.69, 9.17) is 9.84 Å². The van der Waals surface area contributed by atoms with Gasteiger partial charge in [-0.05, 0) is 24.5 Å². The van der Waals surface area contributed by atoms with Crippen molar-refractivity contribution in [1.82, 2.24) is 9.88 Å². The van der Waals surface area contributed by atoms with Crippen LogP contribution < -0.4 is 5.32 Å². The molecule has 0 saturated carbocycles. The maximum atomic E-state index is 10.8. The SMILES string of the molecule is COC(Cc1ccc2c(n1)NCCC2)C1CN(C(=O)O)C1. The van der Waals surface area contributed by atoms with Gasteiger partial charge >= 0.3 is 6.09 Å². The van der Waals surface area contributed by atoms with Crippen LogP contribution in [0.25, 0.3) is 0 Å². The highest BCUT2D eigenvalue weighted by Crippen LogP contribution is 2.25. The van der Waals surface area contributed by atoms with Gasteiger partial charge in [-0.2, -0.15) is 0 Å². The Balaban J connectivity index is 1.63. The Morgan fingerprint density at radius 3 is 3.10 bits per heavy atom. The Bertz CT molecular complexity index is 529. The lowest BCUT2D eigenvalue weighted by molar-refractivity contribution is -0.0203. The molecule has 3 heterocycles. The van der Waals surface area contributed by atoms with Crippen LogP contribution in [-0.4, -0.2) is 53.9 Å². The smallest absolute Gasteiger partial charge is 0.407 e. The molecule has 1 unspecified atom stereocenters. The fraction of sp³-hybridized carbons (Fsp3) is 0.600. The minimum absolute atomic E-state index is 0.0229. The summed E-state index contributed by atoms with van der Waals surface area (Å²) in [6.07, 6.45) is 2.14. The van der Waals surface area contributed by atoms with Crippen molar-refractivity contribution in [2.45, 2.75) is 25.4 Å². The van der Waals surface area contributed by atoms with Crippen LogP contribution >= 0.6 is 0 Å². The molecule has 0 aromatic carbocycles. The highest BCUT2D eigenvalue weighted by molar-refractivity contribution is 5.66. The molecule has 114 valence electrons. The predicted octanol–water partition coefficient (Wildman–Crippen LogP) is 1.61. The molecule has 2 aliphatic heterocycles. The summed E-state index contributed by atoms with van der Waals surface area (Å²) in [5.74, 6) is 1.26.